The topological polar surface area (TPSA) is 76.6 Å². The first-order chi connectivity index (χ1) is 21.9. The predicted octanol–water partition coefficient (Wildman–Crippen LogP) is 6.45. The van der Waals surface area contributed by atoms with Gasteiger partial charge < -0.3 is 14.2 Å². The highest BCUT2D eigenvalue weighted by Gasteiger charge is 2.43. The van der Waals surface area contributed by atoms with Crippen LogP contribution in [-0.2, 0) is 17.5 Å². The van der Waals surface area contributed by atoms with Crippen molar-refractivity contribution in [1.82, 2.24) is 34.0 Å². The average molecular weight is 647 g/mol. The molecule has 0 amide bonds. The molecule has 1 saturated carbocycles. The Morgan fingerprint density at radius 3 is 2.41 bits per heavy atom. The number of alkyl halides is 5. The molecule has 9 nitrogen and oxygen atoms in total. The quantitative estimate of drug-likeness (QED) is 0.223. The molecule has 0 spiro atoms. The zero-order valence-corrected chi connectivity index (χ0v) is 26.2. The van der Waals surface area contributed by atoms with Gasteiger partial charge in [0.2, 0.25) is 5.92 Å². The lowest BCUT2D eigenvalue weighted by Crippen LogP contribution is -2.58. The Bertz CT molecular complexity index is 1690. The van der Waals surface area contributed by atoms with E-state index in [9.17, 15) is 22.0 Å². The molecule has 0 radical (unpaired) electrons. The van der Waals surface area contributed by atoms with Gasteiger partial charge in [-0.15, -0.1) is 10.2 Å². The molecule has 4 aromatic rings. The van der Waals surface area contributed by atoms with Gasteiger partial charge in [0, 0.05) is 50.7 Å². The molecule has 7 rings (SSSR count). The lowest BCUT2D eigenvalue weighted by molar-refractivity contribution is -0.137. The molecule has 3 aliphatic rings. The molecule has 0 N–H and O–H groups in total. The first-order valence-electron chi connectivity index (χ1n) is 16.1. The highest BCUT2D eigenvalue weighted by atomic mass is 19.4. The van der Waals surface area contributed by atoms with E-state index in [-0.39, 0.29) is 43.0 Å². The Labute approximate surface area is 263 Å². The third-order valence-corrected chi connectivity index (χ3v) is 10.2. The van der Waals surface area contributed by atoms with E-state index in [0.717, 1.165) is 54.1 Å². The monoisotopic (exact) mass is 646 g/mol. The van der Waals surface area contributed by atoms with Gasteiger partial charge in [0.1, 0.15) is 17.7 Å². The van der Waals surface area contributed by atoms with Crippen LogP contribution in [0.3, 0.4) is 0 Å². The Balaban J connectivity index is 1.22. The number of piperazine rings is 1. The molecule has 0 bridgehead atoms. The van der Waals surface area contributed by atoms with Crippen LogP contribution in [0.2, 0.25) is 0 Å². The van der Waals surface area contributed by atoms with Gasteiger partial charge in [0.05, 0.1) is 18.2 Å². The number of benzene rings is 1. The van der Waals surface area contributed by atoms with E-state index in [0.29, 0.717) is 44.1 Å². The fraction of sp³-hybridized carbons (Fsp3) is 0.625. The molecule has 3 fully saturated rings. The summed E-state index contributed by atoms with van der Waals surface area (Å²) in [4.78, 5) is 14.4. The SMILES string of the molecule is Cc1nc2c(N3C[C@@H](C)N(C(c4ccc(C(F)(F)F)cc4)C4CCC(F)(F)CC4)C[C@@H]3C)nc3nncn3c2n1C[C@@H]1CCCO1. The zero-order chi connectivity index (χ0) is 32.4. The molecule has 2 saturated heterocycles. The molecule has 1 aromatic carbocycles. The molecule has 46 heavy (non-hydrogen) atoms. The number of ether oxygens (including phenoxy) is 1. The van der Waals surface area contributed by atoms with Crippen molar-refractivity contribution >= 4 is 22.8 Å². The van der Waals surface area contributed by atoms with Gasteiger partial charge in [-0.25, -0.2) is 18.2 Å². The van der Waals surface area contributed by atoms with Crippen LogP contribution in [0, 0.1) is 12.8 Å². The number of hydrogen-bond acceptors (Lipinski definition) is 7. The number of nitrogens with zero attached hydrogens (tertiary/aromatic N) is 8. The van der Waals surface area contributed by atoms with Crippen molar-refractivity contribution in [3.63, 3.8) is 0 Å². The van der Waals surface area contributed by atoms with Crippen molar-refractivity contribution in [2.24, 2.45) is 5.92 Å². The summed E-state index contributed by atoms with van der Waals surface area (Å²) in [6.07, 6.45) is -0.496. The van der Waals surface area contributed by atoms with Gasteiger partial charge in [-0.05, 0) is 70.1 Å². The van der Waals surface area contributed by atoms with E-state index < -0.39 is 17.7 Å². The molecule has 14 heteroatoms. The third kappa shape index (κ3) is 5.71. The number of aromatic nitrogens is 6. The third-order valence-electron chi connectivity index (χ3n) is 10.2. The van der Waals surface area contributed by atoms with Gasteiger partial charge >= 0.3 is 6.18 Å². The highest BCUT2D eigenvalue weighted by Crippen LogP contribution is 2.46. The fourth-order valence-corrected chi connectivity index (χ4v) is 7.78. The summed E-state index contributed by atoms with van der Waals surface area (Å²) >= 11 is 0. The maximum atomic E-state index is 14.2. The summed E-state index contributed by atoms with van der Waals surface area (Å²) in [7, 11) is 0. The minimum atomic E-state index is -4.45. The molecular formula is C32H39F5N8O. The van der Waals surface area contributed by atoms with Crippen LogP contribution < -0.4 is 4.90 Å². The van der Waals surface area contributed by atoms with E-state index in [1.807, 2.05) is 11.3 Å². The molecular weight excluding hydrogens is 607 g/mol. The summed E-state index contributed by atoms with van der Waals surface area (Å²) in [5.41, 5.74) is 1.60. The van der Waals surface area contributed by atoms with Crippen LogP contribution in [0.15, 0.2) is 30.6 Å². The fourth-order valence-electron chi connectivity index (χ4n) is 7.78. The lowest BCUT2D eigenvalue weighted by Gasteiger charge is -2.50. The molecule has 5 heterocycles. The molecule has 248 valence electrons. The summed E-state index contributed by atoms with van der Waals surface area (Å²) in [5.74, 6) is -0.811. The largest absolute Gasteiger partial charge is 0.416 e. The number of anilines is 1. The van der Waals surface area contributed by atoms with Crippen LogP contribution in [0.1, 0.15) is 75.4 Å². The Morgan fingerprint density at radius 2 is 1.74 bits per heavy atom. The van der Waals surface area contributed by atoms with E-state index in [1.165, 1.54) is 12.1 Å². The van der Waals surface area contributed by atoms with Crippen LogP contribution in [0.5, 0.6) is 0 Å². The predicted molar refractivity (Wildman–Crippen MR) is 162 cm³/mol. The minimum absolute atomic E-state index is 0.0630. The van der Waals surface area contributed by atoms with Crippen molar-refractivity contribution in [2.75, 3.05) is 24.6 Å². The Morgan fingerprint density at radius 1 is 1.00 bits per heavy atom. The molecule has 1 aliphatic carbocycles. The van der Waals surface area contributed by atoms with Crippen LogP contribution in [-0.4, -0.2) is 77.8 Å². The van der Waals surface area contributed by atoms with Crippen LogP contribution >= 0.6 is 0 Å². The summed E-state index contributed by atoms with van der Waals surface area (Å²) in [5, 5.41) is 8.42. The van der Waals surface area contributed by atoms with Gasteiger partial charge in [0.15, 0.2) is 11.5 Å². The number of aryl methyl sites for hydroxylation is 1. The Kier molecular flexibility index (Phi) is 7.94. The second-order valence-electron chi connectivity index (χ2n) is 13.3. The molecule has 1 unspecified atom stereocenters. The van der Waals surface area contributed by atoms with E-state index >= 15 is 0 Å². The minimum Gasteiger partial charge on any atom is -0.376 e. The Hall–Kier alpha value is -3.39. The van der Waals surface area contributed by atoms with E-state index in [1.54, 1.807) is 6.33 Å². The zero-order valence-electron chi connectivity index (χ0n) is 26.2. The molecule has 2 aliphatic heterocycles. The maximum Gasteiger partial charge on any atom is 0.416 e. The first-order valence-corrected chi connectivity index (χ1v) is 16.1. The van der Waals surface area contributed by atoms with Crippen LogP contribution in [0.25, 0.3) is 16.9 Å². The number of rotatable bonds is 6. The van der Waals surface area contributed by atoms with E-state index in [4.69, 9.17) is 14.7 Å². The molecule has 3 aromatic heterocycles. The van der Waals surface area contributed by atoms with Crippen molar-refractivity contribution in [3.05, 3.63) is 47.5 Å². The summed E-state index contributed by atoms with van der Waals surface area (Å²) < 4.78 is 78.7. The second kappa shape index (κ2) is 11.7. The summed E-state index contributed by atoms with van der Waals surface area (Å²) in [6, 6.07) is 4.84. The van der Waals surface area contributed by atoms with Crippen molar-refractivity contribution in [1.29, 1.82) is 0 Å². The standard InChI is InChI=1S/C32H39F5N8O/c1-19-16-43(28-26-29(45-18-38-41-30(45)40-28)44(21(3)39-26)17-25-5-4-14-46-25)20(2)15-42(19)27(23-10-12-31(33,34)13-11-23)22-6-8-24(9-7-22)32(35,36)37/h6-9,18-20,23,25,27H,4-5,10-17H2,1-3H3/t19-,20+,25+,27?/m1/s1. The van der Waals surface area contributed by atoms with Crippen molar-refractivity contribution in [2.45, 2.75) is 102 Å². The smallest absolute Gasteiger partial charge is 0.376 e. The summed E-state index contributed by atoms with van der Waals surface area (Å²) in [6.45, 7) is 8.69. The van der Waals surface area contributed by atoms with Crippen molar-refractivity contribution < 1.29 is 26.7 Å². The number of hydrogen-bond donors (Lipinski definition) is 0. The van der Waals surface area contributed by atoms with Gasteiger partial charge in [-0.1, -0.05) is 12.1 Å². The normalized spacial score (nSPS) is 25.6. The highest BCUT2D eigenvalue weighted by molar-refractivity contribution is 5.87. The first kappa shape index (κ1) is 31.2. The van der Waals surface area contributed by atoms with Gasteiger partial charge in [-0.2, -0.15) is 18.2 Å². The van der Waals surface area contributed by atoms with Crippen molar-refractivity contribution in [3.8, 4) is 0 Å². The van der Waals surface area contributed by atoms with Crippen LogP contribution in [0.4, 0.5) is 27.8 Å². The number of halogens is 5. The lowest BCUT2D eigenvalue weighted by atomic mass is 9.78. The number of fused-ring (bicyclic) bond motifs is 3. The average Bonchev–Trinajstić information content (AvgIpc) is 3.76. The number of imidazole rings is 1. The maximum absolute atomic E-state index is 14.2. The second-order valence-corrected chi connectivity index (χ2v) is 13.3. The molecule has 4 atom stereocenters. The van der Waals surface area contributed by atoms with Gasteiger partial charge in [-0.3, -0.25) is 4.90 Å². The van der Waals surface area contributed by atoms with Gasteiger partial charge in [0.25, 0.3) is 5.78 Å². The van der Waals surface area contributed by atoms with E-state index in [2.05, 4.69) is 38.4 Å².